The van der Waals surface area contributed by atoms with Gasteiger partial charge < -0.3 is 15.5 Å². The number of pyridine rings is 1. The molecule has 0 aliphatic heterocycles. The summed E-state index contributed by atoms with van der Waals surface area (Å²) in [7, 11) is -3.99. The second-order valence-corrected chi connectivity index (χ2v) is 6.58. The van der Waals surface area contributed by atoms with E-state index in [0.29, 0.717) is 0 Å². The van der Waals surface area contributed by atoms with E-state index in [0.717, 1.165) is 10.8 Å². The van der Waals surface area contributed by atoms with Crippen LogP contribution < -0.4 is 10.5 Å². The average molecular weight is 365 g/mol. The number of carboxylic acid groups (broad SMARTS) is 1. The highest BCUT2D eigenvalue weighted by molar-refractivity contribution is 7.89. The lowest BCUT2D eigenvalue weighted by Gasteiger charge is -2.11. The van der Waals surface area contributed by atoms with Crippen molar-refractivity contribution in [3.05, 3.63) is 30.2 Å². The standard InChI is InChI=1S/C13H11N5O6S/c14-25(23,24)6-1-2-7-8(3-6)12-16-5-17-18(12)10(11(7)21)13(22)15-4-9(19)20/h1-3,5,21H,4H2,(H,15,22)(H,19,20)(H2,14,23,24). The SMILES string of the molecule is NS(=O)(=O)c1ccc2c(O)c(C(=O)NCC(=O)O)n3ncnc3c2c1. The van der Waals surface area contributed by atoms with Crippen LogP contribution in [0.1, 0.15) is 10.5 Å². The van der Waals surface area contributed by atoms with Crippen molar-refractivity contribution in [3.63, 3.8) is 0 Å². The number of rotatable bonds is 4. The largest absolute Gasteiger partial charge is 0.505 e. The zero-order valence-corrected chi connectivity index (χ0v) is 13.2. The van der Waals surface area contributed by atoms with Crippen molar-refractivity contribution in [1.29, 1.82) is 0 Å². The Morgan fingerprint density at radius 2 is 2.00 bits per heavy atom. The van der Waals surface area contributed by atoms with E-state index >= 15 is 0 Å². The van der Waals surface area contributed by atoms with E-state index in [9.17, 15) is 23.1 Å². The van der Waals surface area contributed by atoms with Crippen LogP contribution in [0.4, 0.5) is 0 Å². The number of fused-ring (bicyclic) bond motifs is 3. The Hall–Kier alpha value is -3.25. The zero-order chi connectivity index (χ0) is 18.4. The van der Waals surface area contributed by atoms with Crippen LogP contribution >= 0.6 is 0 Å². The van der Waals surface area contributed by atoms with E-state index in [1.165, 1.54) is 18.2 Å². The number of carbonyl (C=O) groups excluding carboxylic acids is 1. The van der Waals surface area contributed by atoms with Gasteiger partial charge in [0.1, 0.15) is 12.9 Å². The van der Waals surface area contributed by atoms with Crippen molar-refractivity contribution >= 4 is 38.3 Å². The summed E-state index contributed by atoms with van der Waals surface area (Å²) in [6.07, 6.45) is 1.10. The molecule has 11 nitrogen and oxygen atoms in total. The molecule has 0 aliphatic carbocycles. The number of carbonyl (C=O) groups is 2. The van der Waals surface area contributed by atoms with Crippen LogP contribution in [0.3, 0.4) is 0 Å². The maximum absolute atomic E-state index is 12.2. The van der Waals surface area contributed by atoms with E-state index in [1.54, 1.807) is 0 Å². The number of nitrogens with two attached hydrogens (primary N) is 1. The van der Waals surface area contributed by atoms with Crippen molar-refractivity contribution in [2.45, 2.75) is 4.90 Å². The number of aliphatic carboxylic acids is 1. The molecular weight excluding hydrogens is 354 g/mol. The van der Waals surface area contributed by atoms with Crippen LogP contribution in [-0.4, -0.2) is 51.7 Å². The van der Waals surface area contributed by atoms with E-state index in [1.807, 2.05) is 0 Å². The lowest BCUT2D eigenvalue weighted by molar-refractivity contribution is -0.135. The van der Waals surface area contributed by atoms with Gasteiger partial charge in [0.15, 0.2) is 17.1 Å². The third-order valence-corrected chi connectivity index (χ3v) is 4.33. The van der Waals surface area contributed by atoms with Crippen molar-refractivity contribution in [2.24, 2.45) is 5.14 Å². The lowest BCUT2D eigenvalue weighted by atomic mass is 10.1. The first-order chi connectivity index (χ1) is 11.7. The molecule has 0 fully saturated rings. The van der Waals surface area contributed by atoms with Crippen molar-refractivity contribution in [1.82, 2.24) is 19.9 Å². The topological polar surface area (TPSA) is 177 Å². The van der Waals surface area contributed by atoms with Crippen molar-refractivity contribution in [3.8, 4) is 5.75 Å². The third-order valence-electron chi connectivity index (χ3n) is 3.41. The predicted octanol–water partition coefficient (Wildman–Crippen LogP) is -0.950. The molecule has 130 valence electrons. The van der Waals surface area contributed by atoms with Gasteiger partial charge in [-0.05, 0) is 18.2 Å². The maximum atomic E-state index is 12.2. The smallest absolute Gasteiger partial charge is 0.322 e. The van der Waals surface area contributed by atoms with Gasteiger partial charge in [0, 0.05) is 10.8 Å². The molecule has 0 saturated carbocycles. The van der Waals surface area contributed by atoms with E-state index in [4.69, 9.17) is 10.2 Å². The van der Waals surface area contributed by atoms with Gasteiger partial charge in [-0.1, -0.05) is 0 Å². The third kappa shape index (κ3) is 2.83. The Morgan fingerprint density at radius 3 is 2.64 bits per heavy atom. The first-order valence-electron chi connectivity index (χ1n) is 6.71. The van der Waals surface area contributed by atoms with Crippen LogP contribution in [0.2, 0.25) is 0 Å². The summed E-state index contributed by atoms with van der Waals surface area (Å²) >= 11 is 0. The van der Waals surface area contributed by atoms with Gasteiger partial charge >= 0.3 is 5.97 Å². The van der Waals surface area contributed by atoms with Gasteiger partial charge in [-0.25, -0.2) is 23.1 Å². The summed E-state index contributed by atoms with van der Waals surface area (Å²) in [5, 5.41) is 30.4. The Morgan fingerprint density at radius 1 is 1.28 bits per heavy atom. The number of aromatic hydroxyl groups is 1. The quantitative estimate of drug-likeness (QED) is 0.457. The summed E-state index contributed by atoms with van der Waals surface area (Å²) in [5.74, 6) is -2.65. The number of sulfonamides is 1. The first-order valence-corrected chi connectivity index (χ1v) is 8.26. The summed E-state index contributed by atoms with van der Waals surface area (Å²) in [6, 6.07) is 3.64. The van der Waals surface area contributed by atoms with Gasteiger partial charge in [-0.2, -0.15) is 5.10 Å². The van der Waals surface area contributed by atoms with Crippen LogP contribution in [0, 0.1) is 0 Å². The van der Waals surface area contributed by atoms with Crippen LogP contribution in [0.15, 0.2) is 29.4 Å². The molecule has 0 unspecified atom stereocenters. The molecule has 25 heavy (non-hydrogen) atoms. The molecule has 0 saturated heterocycles. The summed E-state index contributed by atoms with van der Waals surface area (Å²) in [6.45, 7) is -0.656. The molecule has 0 spiro atoms. The number of hydrogen-bond acceptors (Lipinski definition) is 7. The van der Waals surface area contributed by atoms with Gasteiger partial charge in [-0.3, -0.25) is 9.59 Å². The maximum Gasteiger partial charge on any atom is 0.322 e. The minimum atomic E-state index is -3.99. The normalized spacial score (nSPS) is 11.7. The van der Waals surface area contributed by atoms with Crippen LogP contribution in [-0.2, 0) is 14.8 Å². The highest BCUT2D eigenvalue weighted by Crippen LogP contribution is 2.32. The molecule has 2 heterocycles. The summed E-state index contributed by atoms with van der Waals surface area (Å²) in [5.41, 5.74) is -0.233. The van der Waals surface area contributed by atoms with E-state index < -0.39 is 34.2 Å². The molecular formula is C13H11N5O6S. The molecule has 3 rings (SSSR count). The number of nitrogens with one attached hydrogen (secondary N) is 1. The highest BCUT2D eigenvalue weighted by atomic mass is 32.2. The molecule has 0 aliphatic rings. The van der Waals surface area contributed by atoms with Crippen LogP contribution in [0.25, 0.3) is 16.4 Å². The fourth-order valence-corrected chi connectivity index (χ4v) is 2.89. The molecule has 5 N–H and O–H groups in total. The first kappa shape index (κ1) is 16.6. The Balaban J connectivity index is 2.29. The molecule has 1 amide bonds. The molecule has 1 aromatic carbocycles. The van der Waals surface area contributed by atoms with Gasteiger partial charge in [0.05, 0.1) is 4.90 Å². The van der Waals surface area contributed by atoms with Crippen molar-refractivity contribution in [2.75, 3.05) is 6.54 Å². The molecule has 0 radical (unpaired) electrons. The monoisotopic (exact) mass is 365 g/mol. The fourth-order valence-electron chi connectivity index (χ4n) is 2.35. The van der Waals surface area contributed by atoms with Crippen molar-refractivity contribution < 1.29 is 28.2 Å². The number of benzene rings is 1. The highest BCUT2D eigenvalue weighted by Gasteiger charge is 2.23. The van der Waals surface area contributed by atoms with E-state index in [2.05, 4.69) is 15.4 Å². The molecule has 2 aromatic heterocycles. The van der Waals surface area contributed by atoms with Gasteiger partial charge in [0.25, 0.3) is 5.91 Å². The van der Waals surface area contributed by atoms with Gasteiger partial charge in [0.2, 0.25) is 10.0 Å². The molecule has 12 heteroatoms. The van der Waals surface area contributed by atoms with Crippen LogP contribution in [0.5, 0.6) is 5.75 Å². The molecule has 0 atom stereocenters. The predicted molar refractivity (Wildman–Crippen MR) is 83.5 cm³/mol. The fraction of sp³-hybridized carbons (Fsp3) is 0.0769. The number of aromatic nitrogens is 3. The Bertz CT molecular complexity index is 1140. The minimum Gasteiger partial charge on any atom is -0.505 e. The number of hydrogen-bond donors (Lipinski definition) is 4. The summed E-state index contributed by atoms with van der Waals surface area (Å²) in [4.78, 5) is 26.6. The Kier molecular flexibility index (Phi) is 3.77. The zero-order valence-electron chi connectivity index (χ0n) is 12.4. The molecule has 3 aromatic rings. The van der Waals surface area contributed by atoms with E-state index in [-0.39, 0.29) is 27.0 Å². The minimum absolute atomic E-state index is 0.0961. The number of amides is 1. The lowest BCUT2D eigenvalue weighted by Crippen LogP contribution is -2.31. The number of carboxylic acids is 1. The van der Waals surface area contributed by atoms with Gasteiger partial charge in [-0.15, -0.1) is 0 Å². The second kappa shape index (κ2) is 5.68. The second-order valence-electron chi connectivity index (χ2n) is 5.02. The summed E-state index contributed by atoms with van der Waals surface area (Å²) < 4.78 is 24.0. The average Bonchev–Trinajstić information content (AvgIpc) is 3.01. The molecule has 0 bridgehead atoms. The number of primary sulfonamides is 1. The number of nitrogens with zero attached hydrogens (tertiary/aromatic N) is 3. The Labute approximate surface area is 139 Å².